The van der Waals surface area contributed by atoms with Crippen molar-refractivity contribution in [1.82, 2.24) is 20.3 Å². The van der Waals surface area contributed by atoms with Gasteiger partial charge in [-0.2, -0.15) is 0 Å². The maximum absolute atomic E-state index is 11.7. The lowest BCUT2D eigenvalue weighted by molar-refractivity contribution is -0.116. The molecule has 1 amide bonds. The summed E-state index contributed by atoms with van der Waals surface area (Å²) in [7, 11) is 0. The van der Waals surface area contributed by atoms with Gasteiger partial charge >= 0.3 is 0 Å². The summed E-state index contributed by atoms with van der Waals surface area (Å²) in [5.74, 6) is 4.14. The predicted octanol–water partition coefficient (Wildman–Crippen LogP) is 2.85. The lowest BCUT2D eigenvalue weighted by Crippen LogP contribution is -2.23. The van der Waals surface area contributed by atoms with Crippen LogP contribution in [0.2, 0.25) is 0 Å². The van der Waals surface area contributed by atoms with Gasteiger partial charge in [0.15, 0.2) is 0 Å². The maximum atomic E-state index is 11.7. The molecule has 0 bridgehead atoms. The minimum absolute atomic E-state index is 0.00971. The Morgan fingerprint density at radius 2 is 2.13 bits per heavy atom. The SMILES string of the molecule is O=C1CCc2c(Oc3ccc4c(c3)CC(c3nc5c([nH]3)CNCC5)CO4)ccnc2N1. The van der Waals surface area contributed by atoms with Crippen molar-refractivity contribution in [3.63, 3.8) is 0 Å². The highest BCUT2D eigenvalue weighted by Crippen LogP contribution is 2.37. The third-order valence-electron chi connectivity index (χ3n) is 6.15. The number of benzene rings is 1. The van der Waals surface area contributed by atoms with Gasteiger partial charge in [0.05, 0.1) is 23.9 Å². The van der Waals surface area contributed by atoms with Crippen LogP contribution in [0.25, 0.3) is 0 Å². The number of carbonyl (C=O) groups excluding carboxylic acids is 1. The normalized spacial score (nSPS) is 19.5. The van der Waals surface area contributed by atoms with Crippen molar-refractivity contribution in [3.05, 3.63) is 58.8 Å². The van der Waals surface area contributed by atoms with Crippen LogP contribution >= 0.6 is 0 Å². The molecule has 1 atom stereocenters. The van der Waals surface area contributed by atoms with Gasteiger partial charge in [0, 0.05) is 37.7 Å². The molecular weight excluding hydrogens is 394 g/mol. The van der Waals surface area contributed by atoms with Crippen LogP contribution in [0.4, 0.5) is 5.82 Å². The van der Waals surface area contributed by atoms with Crippen molar-refractivity contribution in [3.8, 4) is 17.2 Å². The number of nitrogens with one attached hydrogen (secondary N) is 3. The molecule has 0 saturated carbocycles. The van der Waals surface area contributed by atoms with Crippen LogP contribution in [0.3, 0.4) is 0 Å². The van der Waals surface area contributed by atoms with E-state index in [0.717, 1.165) is 60.1 Å². The Hall–Kier alpha value is -3.39. The molecule has 8 nitrogen and oxygen atoms in total. The zero-order chi connectivity index (χ0) is 20.8. The molecule has 1 unspecified atom stereocenters. The van der Waals surface area contributed by atoms with Gasteiger partial charge in [0.25, 0.3) is 0 Å². The Balaban J connectivity index is 1.24. The predicted molar refractivity (Wildman–Crippen MR) is 114 cm³/mol. The van der Waals surface area contributed by atoms with E-state index in [1.807, 2.05) is 24.3 Å². The van der Waals surface area contributed by atoms with Crippen molar-refractivity contribution >= 4 is 11.7 Å². The Morgan fingerprint density at radius 3 is 3.06 bits per heavy atom. The number of hydrogen-bond acceptors (Lipinski definition) is 6. The fourth-order valence-electron chi connectivity index (χ4n) is 4.52. The highest BCUT2D eigenvalue weighted by molar-refractivity contribution is 5.93. The van der Waals surface area contributed by atoms with Gasteiger partial charge in [-0.1, -0.05) is 0 Å². The second kappa shape index (κ2) is 7.39. The largest absolute Gasteiger partial charge is 0.493 e. The first-order chi connectivity index (χ1) is 15.2. The number of ether oxygens (including phenoxy) is 2. The van der Waals surface area contributed by atoms with Crippen molar-refractivity contribution in [2.45, 2.75) is 38.1 Å². The van der Waals surface area contributed by atoms with Crippen LogP contribution in [-0.2, 0) is 30.6 Å². The molecule has 6 rings (SSSR count). The summed E-state index contributed by atoms with van der Waals surface area (Å²) in [5, 5.41) is 6.20. The van der Waals surface area contributed by atoms with E-state index in [0.29, 0.717) is 25.3 Å². The van der Waals surface area contributed by atoms with Gasteiger partial charge in [-0.3, -0.25) is 4.79 Å². The number of fused-ring (bicyclic) bond motifs is 3. The number of imidazole rings is 1. The minimum atomic E-state index is -0.00971. The van der Waals surface area contributed by atoms with Crippen molar-refractivity contribution in [2.24, 2.45) is 0 Å². The van der Waals surface area contributed by atoms with E-state index in [2.05, 4.69) is 20.6 Å². The summed E-state index contributed by atoms with van der Waals surface area (Å²) in [6, 6.07) is 7.77. The van der Waals surface area contributed by atoms with Crippen molar-refractivity contribution in [2.75, 3.05) is 18.5 Å². The number of H-pyrrole nitrogens is 1. The van der Waals surface area contributed by atoms with E-state index in [9.17, 15) is 4.79 Å². The van der Waals surface area contributed by atoms with Gasteiger partial charge in [0.1, 0.15) is 28.9 Å². The third-order valence-corrected chi connectivity index (χ3v) is 6.15. The maximum Gasteiger partial charge on any atom is 0.225 e. The molecule has 3 N–H and O–H groups in total. The summed E-state index contributed by atoms with van der Waals surface area (Å²) in [4.78, 5) is 24.3. The average molecular weight is 417 g/mol. The van der Waals surface area contributed by atoms with E-state index in [1.54, 1.807) is 6.20 Å². The molecule has 3 aliphatic rings. The average Bonchev–Trinajstić information content (AvgIpc) is 3.23. The Labute approximate surface area is 179 Å². The van der Waals surface area contributed by atoms with Crippen LogP contribution < -0.4 is 20.1 Å². The van der Waals surface area contributed by atoms with Crippen LogP contribution in [-0.4, -0.2) is 34.0 Å². The number of amides is 1. The monoisotopic (exact) mass is 417 g/mol. The van der Waals surface area contributed by atoms with Crippen molar-refractivity contribution < 1.29 is 14.3 Å². The number of aromatic amines is 1. The third kappa shape index (κ3) is 3.42. The topological polar surface area (TPSA) is 101 Å². The molecule has 0 fully saturated rings. The smallest absolute Gasteiger partial charge is 0.225 e. The van der Waals surface area contributed by atoms with E-state index in [-0.39, 0.29) is 11.8 Å². The Morgan fingerprint density at radius 1 is 1.16 bits per heavy atom. The standard InChI is InChI=1S/C23H23N5O3/c29-21-4-2-16-20(6-8-25-23(16)28-21)31-15-1-3-19-13(10-15)9-14(12-30-19)22-26-17-5-7-24-11-18(17)27-22/h1,3,6,8,10,14,24H,2,4-5,7,9,11-12H2,(H,26,27)(H,25,28,29). The van der Waals surface area contributed by atoms with Gasteiger partial charge in [-0.15, -0.1) is 0 Å². The number of pyridine rings is 1. The number of aromatic nitrogens is 3. The quantitative estimate of drug-likeness (QED) is 0.606. The number of carbonyl (C=O) groups is 1. The fourth-order valence-corrected chi connectivity index (χ4v) is 4.52. The lowest BCUT2D eigenvalue weighted by Gasteiger charge is -2.25. The summed E-state index contributed by atoms with van der Waals surface area (Å²) < 4.78 is 12.2. The lowest BCUT2D eigenvalue weighted by atomic mass is 9.96. The molecule has 3 aliphatic heterocycles. The summed E-state index contributed by atoms with van der Waals surface area (Å²) in [6.07, 6.45) is 4.53. The molecule has 0 aliphatic carbocycles. The molecule has 2 aromatic heterocycles. The zero-order valence-electron chi connectivity index (χ0n) is 17.0. The number of hydrogen-bond donors (Lipinski definition) is 3. The van der Waals surface area contributed by atoms with Gasteiger partial charge in [-0.05, 0) is 42.7 Å². The number of nitrogens with zero attached hydrogens (tertiary/aromatic N) is 2. The second-order valence-electron chi connectivity index (χ2n) is 8.24. The van der Waals surface area contributed by atoms with Gasteiger partial charge in [0.2, 0.25) is 5.91 Å². The Bertz CT molecular complexity index is 1150. The molecule has 0 saturated heterocycles. The van der Waals surface area contributed by atoms with E-state index < -0.39 is 0 Å². The van der Waals surface area contributed by atoms with Gasteiger partial charge < -0.3 is 25.1 Å². The van der Waals surface area contributed by atoms with Crippen LogP contribution in [0.15, 0.2) is 30.5 Å². The van der Waals surface area contributed by atoms with Crippen LogP contribution in [0.1, 0.15) is 40.7 Å². The first-order valence-electron chi connectivity index (χ1n) is 10.7. The van der Waals surface area contributed by atoms with Crippen molar-refractivity contribution in [1.29, 1.82) is 0 Å². The highest BCUT2D eigenvalue weighted by Gasteiger charge is 2.27. The van der Waals surface area contributed by atoms with E-state index >= 15 is 0 Å². The molecule has 0 spiro atoms. The molecule has 5 heterocycles. The fraction of sp³-hybridized carbons (Fsp3) is 0.348. The number of rotatable bonds is 3. The summed E-state index contributed by atoms with van der Waals surface area (Å²) in [5.41, 5.74) is 4.41. The van der Waals surface area contributed by atoms with Crippen LogP contribution in [0, 0.1) is 0 Å². The minimum Gasteiger partial charge on any atom is -0.493 e. The zero-order valence-corrected chi connectivity index (χ0v) is 17.0. The molecule has 3 aromatic rings. The molecule has 0 radical (unpaired) electrons. The Kier molecular flexibility index (Phi) is 4.38. The number of anilines is 1. The summed E-state index contributed by atoms with van der Waals surface area (Å²) >= 11 is 0. The summed E-state index contributed by atoms with van der Waals surface area (Å²) in [6.45, 7) is 2.44. The van der Waals surface area contributed by atoms with Crippen LogP contribution in [0.5, 0.6) is 17.2 Å². The molecule has 31 heavy (non-hydrogen) atoms. The molecule has 8 heteroatoms. The van der Waals surface area contributed by atoms with E-state index in [4.69, 9.17) is 14.5 Å². The molecule has 1 aromatic carbocycles. The first-order valence-corrected chi connectivity index (χ1v) is 10.7. The van der Waals surface area contributed by atoms with Gasteiger partial charge in [-0.25, -0.2) is 9.97 Å². The first kappa shape index (κ1) is 18.4. The second-order valence-corrected chi connectivity index (χ2v) is 8.24. The van der Waals surface area contributed by atoms with E-state index in [1.165, 1.54) is 11.4 Å². The molecular formula is C23H23N5O3. The molecule has 158 valence electrons. The highest BCUT2D eigenvalue weighted by atomic mass is 16.5.